The minimum absolute atomic E-state index is 0.0398. The molecule has 0 spiro atoms. The zero-order valence-electron chi connectivity index (χ0n) is 18.2. The molecule has 0 aliphatic carbocycles. The van der Waals surface area contributed by atoms with E-state index >= 15 is 0 Å². The van der Waals surface area contributed by atoms with E-state index in [0.717, 1.165) is 60.6 Å². The van der Waals surface area contributed by atoms with Gasteiger partial charge in [-0.25, -0.2) is 4.98 Å². The van der Waals surface area contributed by atoms with Crippen LogP contribution in [0.3, 0.4) is 0 Å². The highest BCUT2D eigenvalue weighted by Gasteiger charge is 2.25. The number of hydrogen-bond donors (Lipinski definition) is 2. The molecular formula is C26H27N5O. The number of anilines is 1. The quantitative estimate of drug-likeness (QED) is 0.482. The molecule has 0 atom stereocenters. The Balaban J connectivity index is 1.21. The van der Waals surface area contributed by atoms with Crippen molar-refractivity contribution >= 4 is 22.6 Å². The lowest BCUT2D eigenvalue weighted by Gasteiger charge is -2.31. The second kappa shape index (κ2) is 8.93. The summed E-state index contributed by atoms with van der Waals surface area (Å²) in [4.78, 5) is 27.6. The number of piperidine rings is 1. The maximum Gasteiger partial charge on any atom is 0.227 e. The number of likely N-dealkylation sites (tertiary alicyclic amines) is 1. The Bertz CT molecular complexity index is 1230. The van der Waals surface area contributed by atoms with Crippen LogP contribution in [0.5, 0.6) is 0 Å². The van der Waals surface area contributed by atoms with Gasteiger partial charge in [-0.1, -0.05) is 24.3 Å². The lowest BCUT2D eigenvalue weighted by atomic mass is 9.95. The number of carbonyl (C=O) groups excluding carboxylic acids is 1. The topological polar surface area (TPSA) is 73.9 Å². The number of H-pyrrole nitrogens is 1. The number of fused-ring (bicyclic) bond motifs is 1. The van der Waals surface area contributed by atoms with E-state index in [1.807, 2.05) is 42.6 Å². The molecule has 162 valence electrons. The van der Waals surface area contributed by atoms with Crippen LogP contribution < -0.4 is 5.32 Å². The van der Waals surface area contributed by atoms with Gasteiger partial charge in [0.25, 0.3) is 0 Å². The fraction of sp³-hybridized carbons (Fsp3) is 0.269. The molecule has 0 unspecified atom stereocenters. The fourth-order valence-electron chi connectivity index (χ4n) is 4.35. The smallest absolute Gasteiger partial charge is 0.227 e. The summed E-state index contributed by atoms with van der Waals surface area (Å²) in [5.74, 6) is 0.951. The lowest BCUT2D eigenvalue weighted by Crippen LogP contribution is -2.37. The molecule has 2 aromatic heterocycles. The predicted octanol–water partition coefficient (Wildman–Crippen LogP) is 4.78. The SMILES string of the molecule is Cc1ccc2nc(-c3cccc(NC(=O)C4CCN(Cc5cccnc5)CC4)c3)[nH]c2c1. The van der Waals surface area contributed by atoms with Gasteiger partial charge >= 0.3 is 0 Å². The molecule has 1 saturated heterocycles. The van der Waals surface area contributed by atoms with Gasteiger partial charge in [-0.15, -0.1) is 0 Å². The average molecular weight is 426 g/mol. The third-order valence-corrected chi connectivity index (χ3v) is 6.13. The molecule has 3 heterocycles. The van der Waals surface area contributed by atoms with Crippen LogP contribution in [0, 0.1) is 12.8 Å². The largest absolute Gasteiger partial charge is 0.338 e. The number of nitrogens with zero attached hydrogens (tertiary/aromatic N) is 3. The fourth-order valence-corrected chi connectivity index (χ4v) is 4.35. The molecule has 6 heteroatoms. The third-order valence-electron chi connectivity index (χ3n) is 6.13. The van der Waals surface area contributed by atoms with Crippen LogP contribution >= 0.6 is 0 Å². The van der Waals surface area contributed by atoms with E-state index in [-0.39, 0.29) is 11.8 Å². The van der Waals surface area contributed by atoms with Crippen molar-refractivity contribution in [3.05, 3.63) is 78.1 Å². The molecule has 1 fully saturated rings. The Kier molecular flexibility index (Phi) is 5.69. The second-order valence-corrected chi connectivity index (χ2v) is 8.59. The monoisotopic (exact) mass is 425 g/mol. The maximum atomic E-state index is 12.9. The number of nitrogens with one attached hydrogen (secondary N) is 2. The Morgan fingerprint density at radius 1 is 1.12 bits per heavy atom. The van der Waals surface area contributed by atoms with Crippen molar-refractivity contribution < 1.29 is 4.79 Å². The van der Waals surface area contributed by atoms with Gasteiger partial charge in [-0.2, -0.15) is 0 Å². The summed E-state index contributed by atoms with van der Waals surface area (Å²) in [5.41, 5.74) is 6.14. The highest BCUT2D eigenvalue weighted by atomic mass is 16.1. The molecule has 2 N–H and O–H groups in total. The maximum absolute atomic E-state index is 12.9. The van der Waals surface area contributed by atoms with Crippen molar-refractivity contribution in [2.75, 3.05) is 18.4 Å². The van der Waals surface area contributed by atoms with Crippen molar-refractivity contribution in [1.82, 2.24) is 19.9 Å². The van der Waals surface area contributed by atoms with E-state index in [4.69, 9.17) is 4.98 Å². The van der Waals surface area contributed by atoms with Gasteiger partial charge in [0.2, 0.25) is 5.91 Å². The number of carbonyl (C=O) groups is 1. The van der Waals surface area contributed by atoms with Crippen molar-refractivity contribution in [1.29, 1.82) is 0 Å². The van der Waals surface area contributed by atoms with E-state index < -0.39 is 0 Å². The zero-order valence-corrected chi connectivity index (χ0v) is 18.2. The van der Waals surface area contributed by atoms with E-state index in [1.54, 1.807) is 6.20 Å². The lowest BCUT2D eigenvalue weighted by molar-refractivity contribution is -0.121. The summed E-state index contributed by atoms with van der Waals surface area (Å²) in [5, 5.41) is 3.12. The van der Waals surface area contributed by atoms with E-state index in [9.17, 15) is 4.79 Å². The molecule has 32 heavy (non-hydrogen) atoms. The normalized spacial score (nSPS) is 15.2. The molecular weight excluding hydrogens is 398 g/mol. The minimum Gasteiger partial charge on any atom is -0.338 e. The Morgan fingerprint density at radius 2 is 2.00 bits per heavy atom. The number of rotatable bonds is 5. The molecule has 1 amide bonds. The number of benzene rings is 2. The number of amides is 1. The van der Waals surface area contributed by atoms with Crippen LogP contribution in [0.1, 0.15) is 24.0 Å². The molecule has 0 radical (unpaired) electrons. The summed E-state index contributed by atoms with van der Waals surface area (Å²) in [6.45, 7) is 4.80. The van der Waals surface area contributed by atoms with Gasteiger partial charge < -0.3 is 10.3 Å². The average Bonchev–Trinajstić information content (AvgIpc) is 3.24. The van der Waals surface area contributed by atoms with Crippen molar-refractivity contribution in [2.45, 2.75) is 26.3 Å². The minimum atomic E-state index is 0.0398. The molecule has 2 aromatic carbocycles. The van der Waals surface area contributed by atoms with Crippen molar-refractivity contribution in [2.24, 2.45) is 5.92 Å². The number of aryl methyl sites for hydroxylation is 1. The Labute approximate surface area is 187 Å². The van der Waals surface area contributed by atoms with E-state index in [0.29, 0.717) is 0 Å². The number of pyridine rings is 1. The molecule has 0 bridgehead atoms. The molecule has 1 aliphatic rings. The highest BCUT2D eigenvalue weighted by molar-refractivity contribution is 5.93. The van der Waals surface area contributed by atoms with E-state index in [1.165, 1.54) is 11.1 Å². The van der Waals surface area contributed by atoms with E-state index in [2.05, 4.69) is 45.3 Å². The number of aromatic nitrogens is 3. The van der Waals surface area contributed by atoms with Gasteiger partial charge in [0.15, 0.2) is 0 Å². The highest BCUT2D eigenvalue weighted by Crippen LogP contribution is 2.25. The first-order chi connectivity index (χ1) is 15.6. The van der Waals surface area contributed by atoms with Gasteiger partial charge in [-0.05, 0) is 74.3 Å². The standard InChI is InChI=1S/C26H27N5O/c1-18-7-8-23-24(14-18)30-25(29-23)21-5-2-6-22(15-21)28-26(32)20-9-12-31(13-10-20)17-19-4-3-11-27-16-19/h2-8,11,14-16,20H,9-10,12-13,17H2,1H3,(H,28,32)(H,29,30). The third kappa shape index (κ3) is 4.55. The van der Waals surface area contributed by atoms with Crippen LogP contribution in [-0.2, 0) is 11.3 Å². The van der Waals surface area contributed by atoms with Crippen LogP contribution in [0.4, 0.5) is 5.69 Å². The summed E-state index contributed by atoms with van der Waals surface area (Å²) < 4.78 is 0. The van der Waals surface area contributed by atoms with Crippen molar-refractivity contribution in [3.63, 3.8) is 0 Å². The van der Waals surface area contributed by atoms with Gasteiger partial charge in [0.05, 0.1) is 11.0 Å². The van der Waals surface area contributed by atoms with Crippen LogP contribution in [0.2, 0.25) is 0 Å². The first-order valence-corrected chi connectivity index (χ1v) is 11.1. The Morgan fingerprint density at radius 3 is 2.81 bits per heavy atom. The number of hydrogen-bond acceptors (Lipinski definition) is 4. The summed E-state index contributed by atoms with van der Waals surface area (Å²) in [6.07, 6.45) is 5.45. The van der Waals surface area contributed by atoms with Gasteiger partial charge in [0.1, 0.15) is 5.82 Å². The van der Waals surface area contributed by atoms with Gasteiger partial charge in [0, 0.05) is 36.1 Å². The van der Waals surface area contributed by atoms with Crippen molar-refractivity contribution in [3.8, 4) is 11.4 Å². The molecule has 6 nitrogen and oxygen atoms in total. The van der Waals surface area contributed by atoms with Crippen LogP contribution in [0.25, 0.3) is 22.4 Å². The zero-order chi connectivity index (χ0) is 21.9. The molecule has 1 aliphatic heterocycles. The molecule has 5 rings (SSSR count). The first-order valence-electron chi connectivity index (χ1n) is 11.1. The molecule has 4 aromatic rings. The van der Waals surface area contributed by atoms with Crippen LogP contribution in [-0.4, -0.2) is 38.8 Å². The van der Waals surface area contributed by atoms with Gasteiger partial charge in [-0.3, -0.25) is 14.7 Å². The van der Waals surface area contributed by atoms with Crippen LogP contribution in [0.15, 0.2) is 67.0 Å². The summed E-state index contributed by atoms with van der Waals surface area (Å²) in [6, 6.07) is 18.1. The second-order valence-electron chi connectivity index (χ2n) is 8.59. The summed E-state index contributed by atoms with van der Waals surface area (Å²) in [7, 11) is 0. The summed E-state index contributed by atoms with van der Waals surface area (Å²) >= 11 is 0. The molecule has 0 saturated carbocycles. The number of imidazole rings is 1. The number of aromatic amines is 1. The predicted molar refractivity (Wildman–Crippen MR) is 127 cm³/mol. The first kappa shape index (κ1) is 20.4. The Hall–Kier alpha value is -3.51.